The number of rotatable bonds is 6. The Labute approximate surface area is 180 Å². The molecule has 1 spiro atoms. The van der Waals surface area contributed by atoms with E-state index in [1.165, 1.54) is 6.07 Å². The van der Waals surface area contributed by atoms with Crippen molar-refractivity contribution < 1.29 is 18.3 Å². The van der Waals surface area contributed by atoms with E-state index in [2.05, 4.69) is 10.2 Å². The summed E-state index contributed by atoms with van der Waals surface area (Å²) in [7, 11) is 1.67. The van der Waals surface area contributed by atoms with Crippen LogP contribution in [0.2, 0.25) is 11.8 Å². The molecule has 0 atom stereocenters. The van der Waals surface area contributed by atoms with E-state index in [0.717, 1.165) is 24.3 Å². The van der Waals surface area contributed by atoms with E-state index in [9.17, 15) is 13.6 Å². The van der Waals surface area contributed by atoms with Crippen LogP contribution in [0.5, 0.6) is 5.75 Å². The van der Waals surface area contributed by atoms with E-state index in [0.29, 0.717) is 42.2 Å². The SMILES string of the molecule is C[B]c1ccc(OCCN2CCC3(CC2)C(=O)Nc2ccc(Cl)cc23)cc1C(F)F. The summed E-state index contributed by atoms with van der Waals surface area (Å²) in [5, 5.41) is 3.62. The summed E-state index contributed by atoms with van der Waals surface area (Å²) in [6.45, 7) is 4.33. The fraction of sp³-hybridized carbons (Fsp3) is 0.409. The lowest BCUT2D eigenvalue weighted by molar-refractivity contribution is -0.122. The van der Waals surface area contributed by atoms with Crippen molar-refractivity contribution >= 4 is 35.9 Å². The Bertz CT molecular complexity index is 949. The zero-order valence-corrected chi connectivity index (χ0v) is 17.5. The van der Waals surface area contributed by atoms with E-state index in [1.807, 2.05) is 12.1 Å². The fourth-order valence-electron chi connectivity index (χ4n) is 4.43. The van der Waals surface area contributed by atoms with Crippen LogP contribution in [-0.2, 0) is 10.2 Å². The van der Waals surface area contributed by atoms with Gasteiger partial charge in [-0.15, -0.1) is 0 Å². The van der Waals surface area contributed by atoms with Gasteiger partial charge in [-0.05, 0) is 61.8 Å². The molecule has 1 fully saturated rings. The molecule has 1 radical (unpaired) electrons. The molecule has 8 heteroatoms. The molecule has 0 aromatic heterocycles. The Balaban J connectivity index is 1.34. The maximum absolute atomic E-state index is 13.2. The standard InChI is InChI=1S/C22H23BClF2N2O2/c1-23-18-4-3-15(13-16(18)20(25)26)30-11-10-28-8-6-22(7-9-28)17-12-14(24)2-5-19(17)27-21(22)29/h2-5,12-13,20H,6-11H2,1H3,(H,27,29). The summed E-state index contributed by atoms with van der Waals surface area (Å²) in [5.41, 5.74) is 1.83. The topological polar surface area (TPSA) is 41.6 Å². The van der Waals surface area contributed by atoms with E-state index < -0.39 is 11.8 Å². The molecule has 1 amide bonds. The Morgan fingerprint density at radius 1 is 1.23 bits per heavy atom. The molecule has 1 saturated heterocycles. The van der Waals surface area contributed by atoms with Crippen molar-refractivity contribution in [3.8, 4) is 5.75 Å². The number of piperidine rings is 1. The Morgan fingerprint density at radius 3 is 2.70 bits per heavy atom. The van der Waals surface area contributed by atoms with E-state index in [1.54, 1.807) is 32.3 Å². The molecule has 1 N–H and O–H groups in total. The van der Waals surface area contributed by atoms with Gasteiger partial charge in [-0.3, -0.25) is 9.69 Å². The number of amides is 1. The molecule has 0 saturated carbocycles. The molecule has 4 nitrogen and oxygen atoms in total. The maximum atomic E-state index is 13.2. The number of carbonyl (C=O) groups excluding carboxylic acids is 1. The molecular weight excluding hydrogens is 409 g/mol. The lowest BCUT2D eigenvalue weighted by Crippen LogP contribution is -2.47. The normalized spacial score (nSPS) is 17.8. The van der Waals surface area contributed by atoms with Gasteiger partial charge in [0.25, 0.3) is 6.43 Å². The van der Waals surface area contributed by atoms with Crippen LogP contribution in [-0.4, -0.2) is 44.3 Å². The molecule has 2 aromatic carbocycles. The Hall–Kier alpha value is -2.12. The summed E-state index contributed by atoms with van der Waals surface area (Å²) in [6, 6.07) is 10.3. The number of benzene rings is 2. The van der Waals surface area contributed by atoms with Crippen LogP contribution in [0.3, 0.4) is 0 Å². The second-order valence-corrected chi connectivity index (χ2v) is 8.23. The Morgan fingerprint density at radius 2 is 2.00 bits per heavy atom. The van der Waals surface area contributed by atoms with Crippen molar-refractivity contribution in [2.24, 2.45) is 0 Å². The zero-order chi connectivity index (χ0) is 21.3. The smallest absolute Gasteiger partial charge is 0.263 e. The van der Waals surface area contributed by atoms with Gasteiger partial charge < -0.3 is 10.1 Å². The molecule has 0 aliphatic carbocycles. The average molecular weight is 432 g/mol. The van der Waals surface area contributed by atoms with Gasteiger partial charge in [0, 0.05) is 22.8 Å². The predicted octanol–water partition coefficient (Wildman–Crippen LogP) is 4.02. The third kappa shape index (κ3) is 3.93. The van der Waals surface area contributed by atoms with Gasteiger partial charge in [0.15, 0.2) is 0 Å². The number of anilines is 1. The number of nitrogens with one attached hydrogen (secondary N) is 1. The minimum Gasteiger partial charge on any atom is -0.492 e. The molecule has 30 heavy (non-hydrogen) atoms. The second-order valence-electron chi connectivity index (χ2n) is 7.80. The highest BCUT2D eigenvalue weighted by atomic mass is 35.5. The van der Waals surface area contributed by atoms with Gasteiger partial charge in [0.05, 0.1) is 5.41 Å². The predicted molar refractivity (Wildman–Crippen MR) is 116 cm³/mol. The van der Waals surface area contributed by atoms with Gasteiger partial charge in [-0.1, -0.05) is 30.0 Å². The van der Waals surface area contributed by atoms with Gasteiger partial charge >= 0.3 is 0 Å². The van der Waals surface area contributed by atoms with Crippen LogP contribution < -0.4 is 15.5 Å². The average Bonchev–Trinajstić information content (AvgIpc) is 3.00. The lowest BCUT2D eigenvalue weighted by atomic mass is 9.71. The number of nitrogens with zero attached hydrogens (tertiary/aromatic N) is 1. The van der Waals surface area contributed by atoms with Gasteiger partial charge in [-0.2, -0.15) is 0 Å². The molecule has 2 aliphatic heterocycles. The quantitative estimate of drug-likeness (QED) is 0.703. The van der Waals surface area contributed by atoms with Crippen LogP contribution >= 0.6 is 11.6 Å². The molecule has 2 aromatic rings. The minimum atomic E-state index is -2.54. The zero-order valence-electron chi connectivity index (χ0n) is 16.8. The van der Waals surface area contributed by atoms with Crippen molar-refractivity contribution in [2.75, 3.05) is 31.6 Å². The lowest BCUT2D eigenvalue weighted by Gasteiger charge is -2.38. The molecular formula is C22H23BClF2N2O2. The van der Waals surface area contributed by atoms with Crippen LogP contribution in [0, 0.1) is 0 Å². The van der Waals surface area contributed by atoms with Crippen LogP contribution in [0.25, 0.3) is 0 Å². The summed E-state index contributed by atoms with van der Waals surface area (Å²) in [5.74, 6) is 0.492. The van der Waals surface area contributed by atoms with Crippen molar-refractivity contribution in [3.05, 3.63) is 52.5 Å². The summed E-state index contributed by atoms with van der Waals surface area (Å²) in [4.78, 5) is 14.9. The number of alkyl halides is 2. The molecule has 4 rings (SSSR count). The number of likely N-dealkylation sites (tertiary alicyclic amines) is 1. The van der Waals surface area contributed by atoms with Crippen LogP contribution in [0.1, 0.15) is 30.4 Å². The largest absolute Gasteiger partial charge is 0.492 e. The number of hydrogen-bond acceptors (Lipinski definition) is 3. The highest BCUT2D eigenvalue weighted by molar-refractivity contribution is 6.52. The summed E-state index contributed by atoms with van der Waals surface area (Å²) >= 11 is 6.16. The van der Waals surface area contributed by atoms with Crippen molar-refractivity contribution in [1.82, 2.24) is 4.90 Å². The molecule has 0 bridgehead atoms. The highest BCUT2D eigenvalue weighted by Crippen LogP contribution is 2.45. The first-order chi connectivity index (χ1) is 14.4. The van der Waals surface area contributed by atoms with Crippen LogP contribution in [0.4, 0.5) is 14.5 Å². The third-order valence-corrected chi connectivity index (χ3v) is 6.41. The number of halogens is 3. The highest BCUT2D eigenvalue weighted by Gasteiger charge is 2.48. The first kappa shape index (κ1) is 21.1. The molecule has 157 valence electrons. The number of carbonyl (C=O) groups is 1. The van der Waals surface area contributed by atoms with Crippen molar-refractivity contribution in [3.63, 3.8) is 0 Å². The maximum Gasteiger partial charge on any atom is 0.263 e. The summed E-state index contributed by atoms with van der Waals surface area (Å²) in [6.07, 6.45) is -1.11. The number of hydrogen-bond donors (Lipinski definition) is 1. The first-order valence-corrected chi connectivity index (χ1v) is 10.5. The molecule has 0 unspecified atom stereocenters. The summed E-state index contributed by atoms with van der Waals surface area (Å²) < 4.78 is 32.1. The van der Waals surface area contributed by atoms with Gasteiger partial charge in [0.2, 0.25) is 5.91 Å². The van der Waals surface area contributed by atoms with Crippen LogP contribution in [0.15, 0.2) is 36.4 Å². The molecule has 2 heterocycles. The van der Waals surface area contributed by atoms with Crippen molar-refractivity contribution in [2.45, 2.75) is 31.5 Å². The first-order valence-electron chi connectivity index (χ1n) is 10.1. The van der Waals surface area contributed by atoms with E-state index >= 15 is 0 Å². The monoisotopic (exact) mass is 431 g/mol. The van der Waals surface area contributed by atoms with Crippen molar-refractivity contribution in [1.29, 1.82) is 0 Å². The van der Waals surface area contributed by atoms with E-state index in [-0.39, 0.29) is 11.5 Å². The van der Waals surface area contributed by atoms with Gasteiger partial charge in [-0.25, -0.2) is 8.78 Å². The van der Waals surface area contributed by atoms with E-state index in [4.69, 9.17) is 16.3 Å². The third-order valence-electron chi connectivity index (χ3n) is 6.17. The minimum absolute atomic E-state index is 0.0144. The number of fused-ring (bicyclic) bond motifs is 2. The Kier molecular flexibility index (Phi) is 6.03. The second kappa shape index (κ2) is 8.56. The number of ether oxygens (including phenoxy) is 1. The van der Waals surface area contributed by atoms with Gasteiger partial charge in [0.1, 0.15) is 19.6 Å². The fourth-order valence-corrected chi connectivity index (χ4v) is 4.60. The molecule has 2 aliphatic rings.